The molecule has 0 atom stereocenters. The lowest BCUT2D eigenvalue weighted by molar-refractivity contribution is 0.0692. The second kappa shape index (κ2) is 3.41. The lowest BCUT2D eigenvalue weighted by Gasteiger charge is -1.99. The van der Waals surface area contributed by atoms with E-state index in [1.807, 2.05) is 0 Å². The van der Waals surface area contributed by atoms with Gasteiger partial charge in [-0.2, -0.15) is 0 Å². The van der Waals surface area contributed by atoms with Gasteiger partial charge in [-0.05, 0) is 12.1 Å². The first kappa shape index (κ1) is 10.3. The van der Waals surface area contributed by atoms with Gasteiger partial charge in [0.2, 0.25) is 0 Å². The zero-order valence-electron chi connectivity index (χ0n) is 7.66. The third-order valence-electron chi connectivity index (χ3n) is 1.98. The van der Waals surface area contributed by atoms with Crippen LogP contribution in [0.3, 0.4) is 0 Å². The average molecular weight is 226 g/mol. The van der Waals surface area contributed by atoms with Crippen LogP contribution < -0.4 is 5.63 Å². The summed E-state index contributed by atoms with van der Waals surface area (Å²) in [5.74, 6) is -3.44. The van der Waals surface area contributed by atoms with Crippen molar-refractivity contribution in [2.75, 3.05) is 0 Å². The first-order chi connectivity index (χ1) is 7.49. The first-order valence-corrected chi connectivity index (χ1v) is 4.15. The van der Waals surface area contributed by atoms with E-state index in [0.29, 0.717) is 6.07 Å². The smallest absolute Gasteiger partial charge is 0.351 e. The fourth-order valence-corrected chi connectivity index (χ4v) is 1.31. The Hall–Kier alpha value is -2.24. The molecule has 1 aromatic carbocycles. The van der Waals surface area contributed by atoms with Crippen LogP contribution in [0.25, 0.3) is 11.0 Å². The van der Waals surface area contributed by atoms with E-state index in [2.05, 4.69) is 4.42 Å². The highest BCUT2D eigenvalue weighted by molar-refractivity contribution is 5.91. The number of fused-ring (bicyclic) bond motifs is 1. The minimum Gasteiger partial charge on any atom is -0.477 e. The third kappa shape index (κ3) is 1.54. The molecule has 4 nitrogen and oxygen atoms in total. The lowest BCUT2D eigenvalue weighted by atomic mass is 10.2. The number of carboxylic acid groups (broad SMARTS) is 1. The number of carboxylic acids is 1. The number of hydrogen-bond acceptors (Lipinski definition) is 3. The Morgan fingerprint density at radius 3 is 2.56 bits per heavy atom. The van der Waals surface area contributed by atoms with Gasteiger partial charge in [-0.25, -0.2) is 18.4 Å². The molecule has 1 N–H and O–H groups in total. The average Bonchev–Trinajstić information content (AvgIpc) is 2.18. The zero-order chi connectivity index (χ0) is 11.9. The van der Waals surface area contributed by atoms with Crippen LogP contribution in [-0.4, -0.2) is 11.1 Å². The van der Waals surface area contributed by atoms with Gasteiger partial charge in [-0.3, -0.25) is 0 Å². The van der Waals surface area contributed by atoms with Crippen molar-refractivity contribution in [2.24, 2.45) is 0 Å². The molecular formula is C10H4F2O4. The molecule has 0 amide bonds. The van der Waals surface area contributed by atoms with Crippen LogP contribution in [0.1, 0.15) is 10.4 Å². The van der Waals surface area contributed by atoms with Crippen molar-refractivity contribution >= 4 is 16.9 Å². The zero-order valence-corrected chi connectivity index (χ0v) is 7.66. The minimum absolute atomic E-state index is 0.116. The highest BCUT2D eigenvalue weighted by atomic mass is 19.1. The van der Waals surface area contributed by atoms with Crippen LogP contribution in [0, 0.1) is 11.6 Å². The van der Waals surface area contributed by atoms with E-state index >= 15 is 0 Å². The summed E-state index contributed by atoms with van der Waals surface area (Å²) in [5.41, 5.74) is -2.31. The number of benzene rings is 1. The fourth-order valence-electron chi connectivity index (χ4n) is 1.31. The molecule has 82 valence electrons. The number of carbonyl (C=O) groups is 1. The quantitative estimate of drug-likeness (QED) is 0.752. The van der Waals surface area contributed by atoms with E-state index < -0.39 is 34.4 Å². The molecule has 0 unspecified atom stereocenters. The maximum absolute atomic E-state index is 13.1. The van der Waals surface area contributed by atoms with E-state index in [9.17, 15) is 18.4 Å². The summed E-state index contributed by atoms with van der Waals surface area (Å²) in [5, 5.41) is 8.50. The summed E-state index contributed by atoms with van der Waals surface area (Å²) >= 11 is 0. The molecule has 0 aliphatic heterocycles. The van der Waals surface area contributed by atoms with Gasteiger partial charge in [-0.15, -0.1) is 0 Å². The van der Waals surface area contributed by atoms with Crippen molar-refractivity contribution in [3.05, 3.63) is 45.8 Å². The molecule has 0 saturated carbocycles. The largest absolute Gasteiger partial charge is 0.477 e. The van der Waals surface area contributed by atoms with Gasteiger partial charge in [0.1, 0.15) is 11.4 Å². The Balaban J connectivity index is 2.90. The highest BCUT2D eigenvalue weighted by Crippen LogP contribution is 2.18. The van der Waals surface area contributed by atoms with Gasteiger partial charge in [0, 0.05) is 11.5 Å². The Labute approximate surface area is 86.7 Å². The predicted octanol–water partition coefficient (Wildman–Crippen LogP) is 1.77. The summed E-state index contributed by atoms with van der Waals surface area (Å²) in [6.45, 7) is 0. The summed E-state index contributed by atoms with van der Waals surface area (Å²) < 4.78 is 30.4. The van der Waals surface area contributed by atoms with Gasteiger partial charge in [0.25, 0.3) is 0 Å². The van der Waals surface area contributed by atoms with Gasteiger partial charge >= 0.3 is 11.6 Å². The number of hydrogen-bond donors (Lipinski definition) is 1. The Morgan fingerprint density at radius 1 is 1.25 bits per heavy atom. The van der Waals surface area contributed by atoms with E-state index in [-0.39, 0.29) is 5.39 Å². The molecule has 2 rings (SSSR count). The number of rotatable bonds is 1. The second-order valence-corrected chi connectivity index (χ2v) is 3.06. The molecule has 16 heavy (non-hydrogen) atoms. The maximum atomic E-state index is 13.1. The molecule has 0 bridgehead atoms. The van der Waals surface area contributed by atoms with Crippen LogP contribution in [0.15, 0.2) is 27.4 Å². The molecule has 0 spiro atoms. The molecule has 0 radical (unpaired) electrons. The van der Waals surface area contributed by atoms with Crippen LogP contribution in [0.2, 0.25) is 0 Å². The van der Waals surface area contributed by atoms with Crippen LogP contribution >= 0.6 is 0 Å². The summed E-state index contributed by atoms with van der Waals surface area (Å²) in [6.07, 6.45) is 0. The minimum atomic E-state index is -1.51. The molecule has 0 fully saturated rings. The van der Waals surface area contributed by atoms with Crippen LogP contribution in [-0.2, 0) is 0 Å². The molecule has 0 aliphatic carbocycles. The predicted molar refractivity (Wildman–Crippen MR) is 49.4 cm³/mol. The van der Waals surface area contributed by atoms with Crippen molar-refractivity contribution in [2.45, 2.75) is 0 Å². The fraction of sp³-hybridized carbons (Fsp3) is 0. The van der Waals surface area contributed by atoms with E-state index in [1.165, 1.54) is 0 Å². The van der Waals surface area contributed by atoms with Gasteiger partial charge in [-0.1, -0.05) is 0 Å². The van der Waals surface area contributed by atoms with E-state index in [0.717, 1.165) is 12.1 Å². The molecule has 1 heterocycles. The van der Waals surface area contributed by atoms with Crippen molar-refractivity contribution in [3.8, 4) is 0 Å². The van der Waals surface area contributed by atoms with Gasteiger partial charge in [0.05, 0.1) is 0 Å². The third-order valence-corrected chi connectivity index (χ3v) is 1.98. The molecule has 2 aromatic rings. The van der Waals surface area contributed by atoms with Crippen molar-refractivity contribution in [1.82, 2.24) is 0 Å². The Bertz CT molecular complexity index is 645. The second-order valence-electron chi connectivity index (χ2n) is 3.06. The normalized spacial score (nSPS) is 10.6. The number of halogens is 2. The van der Waals surface area contributed by atoms with Gasteiger partial charge < -0.3 is 9.52 Å². The highest BCUT2D eigenvalue weighted by Gasteiger charge is 2.14. The Kier molecular flexibility index (Phi) is 2.19. The molecule has 6 heteroatoms. The van der Waals surface area contributed by atoms with Gasteiger partial charge in [0.15, 0.2) is 11.4 Å². The van der Waals surface area contributed by atoms with E-state index in [1.54, 1.807) is 0 Å². The lowest BCUT2D eigenvalue weighted by Crippen LogP contribution is -2.13. The molecule has 0 saturated heterocycles. The topological polar surface area (TPSA) is 67.5 Å². The monoisotopic (exact) mass is 226 g/mol. The molecular weight excluding hydrogens is 222 g/mol. The van der Waals surface area contributed by atoms with Crippen molar-refractivity contribution in [3.63, 3.8) is 0 Å². The molecule has 1 aromatic heterocycles. The summed E-state index contributed by atoms with van der Waals surface area (Å²) in [6, 6.07) is 2.30. The number of aromatic carboxylic acids is 1. The van der Waals surface area contributed by atoms with Crippen molar-refractivity contribution in [1.29, 1.82) is 0 Å². The van der Waals surface area contributed by atoms with Crippen LogP contribution in [0.4, 0.5) is 8.78 Å². The summed E-state index contributed by atoms with van der Waals surface area (Å²) in [4.78, 5) is 21.7. The first-order valence-electron chi connectivity index (χ1n) is 4.15. The summed E-state index contributed by atoms with van der Waals surface area (Å²) in [7, 11) is 0. The Morgan fingerprint density at radius 2 is 1.94 bits per heavy atom. The SMILES string of the molecule is O=C(O)c1cc2cc(F)cc(F)c2oc1=O. The van der Waals surface area contributed by atoms with E-state index in [4.69, 9.17) is 5.11 Å². The van der Waals surface area contributed by atoms with Crippen molar-refractivity contribution < 1.29 is 23.1 Å². The molecule has 0 aliphatic rings. The maximum Gasteiger partial charge on any atom is 0.351 e. The standard InChI is InChI=1S/C10H4F2O4/c11-5-1-4-2-6(9(13)14)10(15)16-8(4)7(12)3-5/h1-3H,(H,13,14). The van der Waals surface area contributed by atoms with Crippen LogP contribution in [0.5, 0.6) is 0 Å².